The molecule has 0 aliphatic carbocycles. The normalized spacial score (nSPS) is 12.2. The van der Waals surface area contributed by atoms with Gasteiger partial charge in [-0.25, -0.2) is 0 Å². The maximum atomic E-state index is 4.19. The van der Waals surface area contributed by atoms with Crippen LogP contribution in [0.2, 0.25) is 0 Å². The fraction of sp³-hybridized carbons (Fsp3) is 0.455. The van der Waals surface area contributed by atoms with Gasteiger partial charge in [0.05, 0.1) is 11.2 Å². The highest BCUT2D eigenvalue weighted by Crippen LogP contribution is 2.20. The summed E-state index contributed by atoms with van der Waals surface area (Å²) in [5.41, 5.74) is 3.31. The number of nitrogens with one attached hydrogen (secondary N) is 1. The van der Waals surface area contributed by atoms with Crippen LogP contribution in [-0.4, -0.2) is 15.2 Å². The summed E-state index contributed by atoms with van der Waals surface area (Å²) in [6.07, 6.45) is 2.84. The fourth-order valence-corrected chi connectivity index (χ4v) is 1.52. The Morgan fingerprint density at radius 1 is 1.29 bits per heavy atom. The van der Waals surface area contributed by atoms with Crippen molar-refractivity contribution in [2.75, 3.05) is 0 Å². The molecule has 0 aliphatic rings. The first-order valence-corrected chi connectivity index (χ1v) is 4.84. The fourth-order valence-electron chi connectivity index (χ4n) is 1.52. The van der Waals surface area contributed by atoms with Crippen LogP contribution in [-0.2, 0) is 6.42 Å². The molecule has 0 aliphatic heterocycles. The van der Waals surface area contributed by atoms with Gasteiger partial charge in [-0.1, -0.05) is 20.8 Å². The van der Waals surface area contributed by atoms with Crippen LogP contribution < -0.4 is 0 Å². The third kappa shape index (κ3) is 1.92. The molecule has 0 saturated heterocycles. The highest BCUT2D eigenvalue weighted by molar-refractivity contribution is 5.74. The maximum absolute atomic E-state index is 4.19. The van der Waals surface area contributed by atoms with Crippen molar-refractivity contribution in [1.82, 2.24) is 15.2 Å². The zero-order chi connectivity index (χ0) is 10.2. The second kappa shape index (κ2) is 3.08. The van der Waals surface area contributed by atoms with E-state index in [4.69, 9.17) is 0 Å². The monoisotopic (exact) mass is 189 g/mol. The summed E-state index contributed by atoms with van der Waals surface area (Å²) in [6.45, 7) is 6.61. The molecule has 3 heteroatoms. The zero-order valence-electron chi connectivity index (χ0n) is 8.83. The lowest BCUT2D eigenvalue weighted by atomic mass is 9.90. The van der Waals surface area contributed by atoms with Gasteiger partial charge in [0.25, 0.3) is 0 Å². The van der Waals surface area contributed by atoms with Crippen molar-refractivity contribution in [3.05, 3.63) is 24.0 Å². The second-order valence-corrected chi connectivity index (χ2v) is 4.85. The molecule has 74 valence electrons. The Morgan fingerprint density at radius 2 is 2.07 bits per heavy atom. The van der Waals surface area contributed by atoms with Crippen molar-refractivity contribution in [1.29, 1.82) is 0 Å². The van der Waals surface area contributed by atoms with Crippen molar-refractivity contribution < 1.29 is 0 Å². The lowest BCUT2D eigenvalue weighted by molar-refractivity contribution is 0.405. The molecule has 0 fully saturated rings. The van der Waals surface area contributed by atoms with E-state index in [2.05, 4.69) is 42.0 Å². The van der Waals surface area contributed by atoms with E-state index in [9.17, 15) is 0 Å². The summed E-state index contributed by atoms with van der Waals surface area (Å²) >= 11 is 0. The van der Waals surface area contributed by atoms with Crippen molar-refractivity contribution in [2.45, 2.75) is 27.2 Å². The van der Waals surface area contributed by atoms with Crippen LogP contribution in [0.15, 0.2) is 18.3 Å². The lowest BCUT2D eigenvalue weighted by Crippen LogP contribution is -2.10. The summed E-state index contributed by atoms with van der Waals surface area (Å²) < 4.78 is 0. The van der Waals surface area contributed by atoms with E-state index in [1.54, 1.807) is 0 Å². The molecule has 0 aromatic carbocycles. The second-order valence-electron chi connectivity index (χ2n) is 4.85. The van der Waals surface area contributed by atoms with Crippen LogP contribution in [0.4, 0.5) is 0 Å². The number of hydrogen-bond acceptors (Lipinski definition) is 2. The molecule has 2 heterocycles. The topological polar surface area (TPSA) is 41.6 Å². The molecule has 2 aromatic rings. The summed E-state index contributed by atoms with van der Waals surface area (Å²) in [7, 11) is 0. The number of aromatic nitrogens is 3. The minimum atomic E-state index is 0.259. The van der Waals surface area contributed by atoms with Crippen LogP contribution in [0.3, 0.4) is 0 Å². The third-order valence-electron chi connectivity index (χ3n) is 2.06. The van der Waals surface area contributed by atoms with Gasteiger partial charge in [-0.05, 0) is 24.0 Å². The Hall–Kier alpha value is -1.38. The Balaban J connectivity index is 2.35. The largest absolute Gasteiger partial charge is 0.360 e. The summed E-state index contributed by atoms with van der Waals surface area (Å²) in [5, 5.41) is 8.34. The van der Waals surface area contributed by atoms with Crippen molar-refractivity contribution in [3.8, 4) is 0 Å². The molecule has 0 bridgehead atoms. The number of H-pyrrole nitrogens is 1. The van der Waals surface area contributed by atoms with Crippen molar-refractivity contribution in [3.63, 3.8) is 0 Å². The van der Waals surface area contributed by atoms with E-state index in [1.165, 1.54) is 0 Å². The Kier molecular flexibility index (Phi) is 2.02. The summed E-state index contributed by atoms with van der Waals surface area (Å²) in [6, 6.07) is 4.01. The highest BCUT2D eigenvalue weighted by atomic mass is 15.1. The SMILES string of the molecule is CC(C)(C)Cc1cc2[nH]ccc2nn1. The minimum Gasteiger partial charge on any atom is -0.360 e. The van der Waals surface area contributed by atoms with Gasteiger partial charge in [0, 0.05) is 6.20 Å². The first-order chi connectivity index (χ1) is 6.54. The van der Waals surface area contributed by atoms with Gasteiger partial charge >= 0.3 is 0 Å². The van der Waals surface area contributed by atoms with E-state index >= 15 is 0 Å². The van der Waals surface area contributed by atoms with Gasteiger partial charge in [-0.2, -0.15) is 5.10 Å². The molecule has 0 unspecified atom stereocenters. The van der Waals surface area contributed by atoms with Gasteiger partial charge < -0.3 is 4.98 Å². The zero-order valence-corrected chi connectivity index (χ0v) is 8.83. The molecular weight excluding hydrogens is 174 g/mol. The predicted molar refractivity (Wildman–Crippen MR) is 57.0 cm³/mol. The van der Waals surface area contributed by atoms with Crippen LogP contribution in [0.25, 0.3) is 11.0 Å². The molecule has 0 atom stereocenters. The maximum Gasteiger partial charge on any atom is 0.111 e. The summed E-state index contributed by atoms with van der Waals surface area (Å²) in [5.74, 6) is 0. The molecule has 1 N–H and O–H groups in total. The quantitative estimate of drug-likeness (QED) is 0.749. The number of nitrogens with zero attached hydrogens (tertiary/aromatic N) is 2. The smallest absolute Gasteiger partial charge is 0.111 e. The highest BCUT2D eigenvalue weighted by Gasteiger charge is 2.13. The number of rotatable bonds is 1. The van der Waals surface area contributed by atoms with Crippen molar-refractivity contribution >= 4 is 11.0 Å². The first-order valence-electron chi connectivity index (χ1n) is 4.84. The number of aromatic amines is 1. The molecule has 0 amide bonds. The minimum absolute atomic E-state index is 0.259. The van der Waals surface area contributed by atoms with Crippen LogP contribution in [0.1, 0.15) is 26.5 Å². The Bertz CT molecular complexity index is 437. The molecule has 2 aromatic heterocycles. The molecule has 0 spiro atoms. The van der Waals surface area contributed by atoms with E-state index in [0.29, 0.717) is 0 Å². The molecule has 0 saturated carbocycles. The van der Waals surface area contributed by atoms with Crippen molar-refractivity contribution in [2.24, 2.45) is 5.41 Å². The average Bonchev–Trinajstić information content (AvgIpc) is 2.47. The van der Waals surface area contributed by atoms with Gasteiger partial charge in [0.1, 0.15) is 5.52 Å². The van der Waals surface area contributed by atoms with Gasteiger partial charge in [-0.15, -0.1) is 5.10 Å². The molecule has 0 radical (unpaired) electrons. The standard InChI is InChI=1S/C11H15N3/c1-11(2,3)7-8-6-10-9(14-13-8)4-5-12-10/h4-6,12H,7H2,1-3H3. The lowest BCUT2D eigenvalue weighted by Gasteiger charge is -2.16. The van der Waals surface area contributed by atoms with Gasteiger partial charge in [0.15, 0.2) is 0 Å². The predicted octanol–water partition coefficient (Wildman–Crippen LogP) is 2.55. The molecule has 3 nitrogen and oxygen atoms in total. The first kappa shape index (κ1) is 9.19. The Labute approximate surface area is 83.6 Å². The van der Waals surface area contributed by atoms with Crippen LogP contribution in [0, 0.1) is 5.41 Å². The van der Waals surface area contributed by atoms with Gasteiger partial charge in [-0.3, -0.25) is 0 Å². The summed E-state index contributed by atoms with van der Waals surface area (Å²) in [4.78, 5) is 3.14. The van der Waals surface area contributed by atoms with E-state index in [1.807, 2.05) is 12.3 Å². The Morgan fingerprint density at radius 3 is 2.79 bits per heavy atom. The van der Waals surface area contributed by atoms with E-state index < -0.39 is 0 Å². The molecule has 14 heavy (non-hydrogen) atoms. The average molecular weight is 189 g/mol. The van der Waals surface area contributed by atoms with E-state index in [-0.39, 0.29) is 5.41 Å². The third-order valence-corrected chi connectivity index (χ3v) is 2.06. The van der Waals surface area contributed by atoms with Gasteiger partial charge in [0.2, 0.25) is 0 Å². The molecule has 2 rings (SSSR count). The number of hydrogen-bond donors (Lipinski definition) is 1. The van der Waals surface area contributed by atoms with E-state index in [0.717, 1.165) is 23.1 Å². The van der Waals surface area contributed by atoms with Crippen LogP contribution in [0.5, 0.6) is 0 Å². The van der Waals surface area contributed by atoms with Crippen LogP contribution >= 0.6 is 0 Å². The number of fused-ring (bicyclic) bond motifs is 1. The molecular formula is C11H15N3.